The van der Waals surface area contributed by atoms with Gasteiger partial charge in [0.05, 0.1) is 10.4 Å². The molecule has 4 aliphatic rings. The molecule has 0 atom stereocenters. The quantitative estimate of drug-likeness (QED) is 0.370. The molecule has 0 spiro atoms. The Morgan fingerprint density at radius 2 is 1.68 bits per heavy atom. The highest BCUT2D eigenvalue weighted by molar-refractivity contribution is 7.90. The molecule has 4 saturated carbocycles. The Bertz CT molecular complexity index is 1450. The summed E-state index contributed by atoms with van der Waals surface area (Å²) in [4.78, 5) is 13.3. The van der Waals surface area contributed by atoms with E-state index in [0.717, 1.165) is 53.5 Å². The third-order valence-corrected chi connectivity index (χ3v) is 11.3. The number of hydrogen-bond acceptors (Lipinski definition) is 3. The van der Waals surface area contributed by atoms with Crippen LogP contribution in [0.3, 0.4) is 0 Å². The fourth-order valence-electron chi connectivity index (χ4n) is 7.82. The number of nitrogens with one attached hydrogen (secondary N) is 1. The van der Waals surface area contributed by atoms with Crippen molar-refractivity contribution >= 4 is 38.4 Å². The molecule has 37 heavy (non-hydrogen) atoms. The third kappa shape index (κ3) is 4.50. The highest BCUT2D eigenvalue weighted by atomic mass is 35.5. The standard InChI is InChI=1S/C30H35ClN2O3S/c1-19-11-28(20(2)10-26(19)31)37(35,36)33-18-24(25-7-3-4-8-27(25)33)6-5-9-29(34)32-30-15-21-12-22(16-30)14-23(13-21)17-30/h3-4,7-8,10-11,18,21-23H,5-6,9,12-17H2,1-2H3,(H,32,34). The second-order valence-electron chi connectivity index (χ2n) is 11.9. The van der Waals surface area contributed by atoms with Crippen molar-refractivity contribution in [2.75, 3.05) is 0 Å². The summed E-state index contributed by atoms with van der Waals surface area (Å²) in [6.07, 6.45) is 11.1. The van der Waals surface area contributed by atoms with Gasteiger partial charge in [0.25, 0.3) is 10.0 Å². The van der Waals surface area contributed by atoms with E-state index in [2.05, 4.69) is 5.32 Å². The highest BCUT2D eigenvalue weighted by Gasteiger charge is 2.51. The Hall–Kier alpha value is -2.31. The van der Waals surface area contributed by atoms with Crippen LogP contribution in [0.5, 0.6) is 0 Å². The minimum atomic E-state index is -3.81. The summed E-state index contributed by atoms with van der Waals surface area (Å²) in [6, 6.07) is 11.0. The molecule has 5 nitrogen and oxygen atoms in total. The van der Waals surface area contributed by atoms with E-state index in [-0.39, 0.29) is 16.3 Å². The average Bonchev–Trinajstić information content (AvgIpc) is 3.20. The summed E-state index contributed by atoms with van der Waals surface area (Å²) in [7, 11) is -3.81. The Labute approximate surface area is 224 Å². The molecule has 4 aliphatic carbocycles. The molecule has 0 saturated heterocycles. The van der Waals surface area contributed by atoms with Gasteiger partial charge in [0, 0.05) is 28.6 Å². The molecule has 0 radical (unpaired) electrons. The normalized spacial score (nSPS) is 26.6. The first-order valence-corrected chi connectivity index (χ1v) is 15.4. The number of fused-ring (bicyclic) bond motifs is 1. The fourth-order valence-corrected chi connectivity index (χ4v) is 9.72. The predicted octanol–water partition coefficient (Wildman–Crippen LogP) is 6.56. The van der Waals surface area contributed by atoms with Crippen LogP contribution in [0.25, 0.3) is 10.9 Å². The molecule has 1 amide bonds. The van der Waals surface area contributed by atoms with E-state index in [9.17, 15) is 13.2 Å². The molecule has 3 aromatic rings. The predicted molar refractivity (Wildman–Crippen MR) is 147 cm³/mol. The first-order chi connectivity index (χ1) is 17.6. The van der Waals surface area contributed by atoms with Crippen LogP contribution in [0, 0.1) is 31.6 Å². The zero-order valence-corrected chi connectivity index (χ0v) is 23.2. The lowest BCUT2D eigenvalue weighted by Gasteiger charge is -2.56. The van der Waals surface area contributed by atoms with Crippen molar-refractivity contribution in [2.24, 2.45) is 17.8 Å². The van der Waals surface area contributed by atoms with Gasteiger partial charge < -0.3 is 5.32 Å². The first-order valence-electron chi connectivity index (χ1n) is 13.6. The van der Waals surface area contributed by atoms with Crippen molar-refractivity contribution in [3.8, 4) is 0 Å². The maximum Gasteiger partial charge on any atom is 0.268 e. The molecule has 2 aromatic carbocycles. The number of halogens is 1. The lowest BCUT2D eigenvalue weighted by molar-refractivity contribution is -0.126. The van der Waals surface area contributed by atoms with Gasteiger partial charge in [-0.3, -0.25) is 4.79 Å². The molecule has 1 aromatic heterocycles. The summed E-state index contributed by atoms with van der Waals surface area (Å²) in [5, 5.41) is 4.93. The summed E-state index contributed by atoms with van der Waals surface area (Å²) < 4.78 is 28.9. The summed E-state index contributed by atoms with van der Waals surface area (Å²) >= 11 is 6.23. The maximum absolute atomic E-state index is 13.7. The van der Waals surface area contributed by atoms with Crippen molar-refractivity contribution in [3.05, 3.63) is 64.3 Å². The SMILES string of the molecule is Cc1cc(S(=O)(=O)n2cc(CCCC(=O)NC34CC5CC(CC(C5)C3)C4)c3ccccc32)c(C)cc1Cl. The molecule has 196 valence electrons. The van der Waals surface area contributed by atoms with Crippen molar-refractivity contribution < 1.29 is 13.2 Å². The minimum Gasteiger partial charge on any atom is -0.351 e. The summed E-state index contributed by atoms with van der Waals surface area (Å²) in [5.74, 6) is 2.54. The molecule has 4 bridgehead atoms. The number of para-hydroxylation sites is 1. The fraction of sp³-hybridized carbons (Fsp3) is 0.500. The number of carbonyl (C=O) groups excluding carboxylic acids is 1. The number of benzene rings is 2. The van der Waals surface area contributed by atoms with Crippen LogP contribution in [-0.2, 0) is 21.2 Å². The second kappa shape index (κ2) is 9.16. The van der Waals surface area contributed by atoms with Crippen LogP contribution >= 0.6 is 11.6 Å². The molecular formula is C30H35ClN2O3S. The number of carbonyl (C=O) groups is 1. The molecule has 1 N–H and O–H groups in total. The maximum atomic E-state index is 13.7. The molecule has 0 unspecified atom stereocenters. The lowest BCUT2D eigenvalue weighted by atomic mass is 9.53. The highest BCUT2D eigenvalue weighted by Crippen LogP contribution is 2.55. The minimum absolute atomic E-state index is 0.0322. The number of aryl methyl sites for hydroxylation is 3. The van der Waals surface area contributed by atoms with Gasteiger partial charge in [-0.15, -0.1) is 0 Å². The zero-order valence-electron chi connectivity index (χ0n) is 21.6. The van der Waals surface area contributed by atoms with Gasteiger partial charge in [-0.25, -0.2) is 12.4 Å². The molecular weight excluding hydrogens is 504 g/mol. The van der Waals surface area contributed by atoms with Gasteiger partial charge >= 0.3 is 0 Å². The van der Waals surface area contributed by atoms with Crippen LogP contribution in [0.1, 0.15) is 68.1 Å². The topological polar surface area (TPSA) is 68.2 Å². The van der Waals surface area contributed by atoms with E-state index in [0.29, 0.717) is 35.4 Å². The largest absolute Gasteiger partial charge is 0.351 e. The van der Waals surface area contributed by atoms with Gasteiger partial charge in [0.1, 0.15) is 0 Å². The Morgan fingerprint density at radius 3 is 2.35 bits per heavy atom. The van der Waals surface area contributed by atoms with E-state index in [4.69, 9.17) is 11.6 Å². The molecule has 0 aliphatic heterocycles. The van der Waals surface area contributed by atoms with E-state index in [1.54, 1.807) is 25.3 Å². The summed E-state index contributed by atoms with van der Waals surface area (Å²) in [6.45, 7) is 3.58. The number of nitrogens with zero attached hydrogens (tertiary/aromatic N) is 1. The van der Waals surface area contributed by atoms with Crippen molar-refractivity contribution in [1.29, 1.82) is 0 Å². The number of rotatable bonds is 7. The smallest absolute Gasteiger partial charge is 0.268 e. The van der Waals surface area contributed by atoms with Gasteiger partial charge in [-0.2, -0.15) is 0 Å². The van der Waals surface area contributed by atoms with E-state index in [1.165, 1.54) is 23.2 Å². The van der Waals surface area contributed by atoms with Gasteiger partial charge in [-0.05, 0) is 118 Å². The van der Waals surface area contributed by atoms with E-state index < -0.39 is 10.0 Å². The van der Waals surface area contributed by atoms with Gasteiger partial charge in [0.2, 0.25) is 5.91 Å². The van der Waals surface area contributed by atoms with Crippen LogP contribution in [0.4, 0.5) is 0 Å². The third-order valence-electron chi connectivity index (χ3n) is 9.05. The molecule has 7 heteroatoms. The number of hydrogen-bond donors (Lipinski definition) is 1. The lowest BCUT2D eigenvalue weighted by Crippen LogP contribution is -2.59. The van der Waals surface area contributed by atoms with Crippen LogP contribution in [0.2, 0.25) is 5.02 Å². The molecule has 4 fully saturated rings. The number of amides is 1. The van der Waals surface area contributed by atoms with Crippen molar-refractivity contribution in [1.82, 2.24) is 9.29 Å². The van der Waals surface area contributed by atoms with E-state index >= 15 is 0 Å². The first kappa shape index (κ1) is 25.0. The second-order valence-corrected chi connectivity index (χ2v) is 14.1. The molecule has 7 rings (SSSR count). The number of aromatic nitrogens is 1. The monoisotopic (exact) mass is 538 g/mol. The Kier molecular flexibility index (Phi) is 6.19. The van der Waals surface area contributed by atoms with Crippen LogP contribution in [-0.4, -0.2) is 23.8 Å². The Morgan fingerprint density at radius 1 is 1.03 bits per heavy atom. The van der Waals surface area contributed by atoms with E-state index in [1.807, 2.05) is 31.2 Å². The molecule has 1 heterocycles. The summed E-state index contributed by atoms with van der Waals surface area (Å²) in [5.41, 5.74) is 2.99. The Balaban J connectivity index is 1.19. The van der Waals surface area contributed by atoms with Gasteiger partial charge in [-0.1, -0.05) is 29.8 Å². The van der Waals surface area contributed by atoms with Crippen LogP contribution < -0.4 is 5.32 Å². The van der Waals surface area contributed by atoms with Crippen molar-refractivity contribution in [3.63, 3.8) is 0 Å². The zero-order chi connectivity index (χ0) is 25.9. The van der Waals surface area contributed by atoms with Gasteiger partial charge in [0.15, 0.2) is 0 Å². The van der Waals surface area contributed by atoms with Crippen LogP contribution in [0.15, 0.2) is 47.5 Å². The van der Waals surface area contributed by atoms with Crippen molar-refractivity contribution in [2.45, 2.75) is 82.1 Å². The average molecular weight is 539 g/mol.